The molecule has 3 aromatic carbocycles. The standard InChI is InChI=1S/C28H27ClN2O3/c1-18-7-8-21(28-31-25-16-22(29)11-14-26(25)34-28)15-24(18)30-27(32)17-33-23-12-9-20(10-13-23)19-5-3-2-4-6-19/h7-16,19H,2-6,17H2,1H3,(H,30,32). The SMILES string of the molecule is Cc1ccc(-c2nc3cc(Cl)ccc3o2)cc1NC(=O)COc1ccc(C2CCCCC2)cc1. The Morgan fingerprint density at radius 1 is 1.06 bits per heavy atom. The van der Waals surface area contributed by atoms with E-state index in [1.807, 2.05) is 37.3 Å². The summed E-state index contributed by atoms with van der Waals surface area (Å²) < 4.78 is 11.6. The number of carbonyl (C=O) groups is 1. The van der Waals surface area contributed by atoms with E-state index in [1.165, 1.54) is 37.7 Å². The van der Waals surface area contributed by atoms with Crippen LogP contribution in [-0.2, 0) is 4.79 Å². The van der Waals surface area contributed by atoms with Crippen LogP contribution >= 0.6 is 11.6 Å². The van der Waals surface area contributed by atoms with Crippen LogP contribution in [-0.4, -0.2) is 17.5 Å². The predicted octanol–water partition coefficient (Wildman–Crippen LogP) is 7.52. The van der Waals surface area contributed by atoms with Crippen LogP contribution in [0.5, 0.6) is 5.75 Å². The monoisotopic (exact) mass is 474 g/mol. The number of fused-ring (bicyclic) bond motifs is 1. The van der Waals surface area contributed by atoms with Gasteiger partial charge in [-0.3, -0.25) is 4.79 Å². The number of amides is 1. The van der Waals surface area contributed by atoms with E-state index in [9.17, 15) is 4.79 Å². The molecule has 1 saturated carbocycles. The lowest BCUT2D eigenvalue weighted by atomic mass is 9.84. The Labute approximate surface area is 204 Å². The van der Waals surface area contributed by atoms with Gasteiger partial charge in [0.2, 0.25) is 5.89 Å². The van der Waals surface area contributed by atoms with Gasteiger partial charge in [-0.2, -0.15) is 0 Å². The van der Waals surface area contributed by atoms with Gasteiger partial charge in [0.1, 0.15) is 11.3 Å². The van der Waals surface area contributed by atoms with Gasteiger partial charge in [-0.1, -0.05) is 49.1 Å². The fourth-order valence-corrected chi connectivity index (χ4v) is 4.69. The van der Waals surface area contributed by atoms with Crippen molar-refractivity contribution in [2.24, 2.45) is 0 Å². The molecule has 0 atom stereocenters. The highest BCUT2D eigenvalue weighted by Gasteiger charge is 2.16. The third kappa shape index (κ3) is 5.10. The van der Waals surface area contributed by atoms with Crippen molar-refractivity contribution in [3.63, 3.8) is 0 Å². The quantitative estimate of drug-likeness (QED) is 0.314. The fraction of sp³-hybridized carbons (Fsp3) is 0.286. The van der Waals surface area contributed by atoms with E-state index in [1.54, 1.807) is 18.2 Å². The second-order valence-corrected chi connectivity index (χ2v) is 9.34. The summed E-state index contributed by atoms with van der Waals surface area (Å²) in [6.07, 6.45) is 6.49. The maximum absolute atomic E-state index is 12.6. The second-order valence-electron chi connectivity index (χ2n) is 8.90. The smallest absolute Gasteiger partial charge is 0.262 e. The number of nitrogens with zero attached hydrogens (tertiary/aromatic N) is 1. The molecule has 5 rings (SSSR count). The van der Waals surface area contributed by atoms with Crippen molar-refractivity contribution >= 4 is 34.3 Å². The van der Waals surface area contributed by atoms with Crippen LogP contribution in [0.4, 0.5) is 5.69 Å². The molecule has 174 valence electrons. The highest BCUT2D eigenvalue weighted by atomic mass is 35.5. The molecule has 5 nitrogen and oxygen atoms in total. The van der Waals surface area contributed by atoms with Gasteiger partial charge in [0.15, 0.2) is 12.2 Å². The molecule has 0 bridgehead atoms. The van der Waals surface area contributed by atoms with E-state index in [-0.39, 0.29) is 12.5 Å². The summed E-state index contributed by atoms with van der Waals surface area (Å²) >= 11 is 6.05. The number of rotatable bonds is 6. The van der Waals surface area contributed by atoms with Gasteiger partial charge in [-0.05, 0) is 79.3 Å². The molecular formula is C28H27ClN2O3. The number of hydrogen-bond acceptors (Lipinski definition) is 4. The lowest BCUT2D eigenvalue weighted by Gasteiger charge is -2.22. The lowest BCUT2D eigenvalue weighted by Crippen LogP contribution is -2.20. The number of nitrogens with one attached hydrogen (secondary N) is 1. The first-order chi connectivity index (χ1) is 16.5. The summed E-state index contributed by atoms with van der Waals surface area (Å²) in [5.74, 6) is 1.60. The molecular weight excluding hydrogens is 448 g/mol. The van der Waals surface area contributed by atoms with E-state index in [0.29, 0.717) is 39.4 Å². The van der Waals surface area contributed by atoms with E-state index in [0.717, 1.165) is 11.1 Å². The van der Waals surface area contributed by atoms with Gasteiger partial charge in [0, 0.05) is 16.3 Å². The summed E-state index contributed by atoms with van der Waals surface area (Å²) in [5.41, 5.74) is 5.12. The fourth-order valence-electron chi connectivity index (χ4n) is 4.52. The minimum Gasteiger partial charge on any atom is -0.484 e. The number of anilines is 1. The van der Waals surface area contributed by atoms with Crippen molar-refractivity contribution in [2.75, 3.05) is 11.9 Å². The van der Waals surface area contributed by atoms with Crippen molar-refractivity contribution in [1.82, 2.24) is 4.98 Å². The number of aryl methyl sites for hydroxylation is 1. The van der Waals surface area contributed by atoms with Crippen molar-refractivity contribution in [3.8, 4) is 17.2 Å². The second kappa shape index (κ2) is 9.90. The van der Waals surface area contributed by atoms with Gasteiger partial charge in [0.25, 0.3) is 5.91 Å². The third-order valence-corrected chi connectivity index (χ3v) is 6.67. The average Bonchev–Trinajstić information content (AvgIpc) is 3.28. The Morgan fingerprint density at radius 3 is 2.65 bits per heavy atom. The van der Waals surface area contributed by atoms with Gasteiger partial charge >= 0.3 is 0 Å². The molecule has 4 aromatic rings. The van der Waals surface area contributed by atoms with E-state index >= 15 is 0 Å². The normalized spacial score (nSPS) is 14.3. The van der Waals surface area contributed by atoms with Crippen LogP contribution < -0.4 is 10.1 Å². The first-order valence-electron chi connectivity index (χ1n) is 11.7. The molecule has 6 heteroatoms. The molecule has 1 amide bonds. The highest BCUT2D eigenvalue weighted by Crippen LogP contribution is 2.33. The number of ether oxygens (including phenoxy) is 1. The zero-order valence-electron chi connectivity index (χ0n) is 19.1. The van der Waals surface area contributed by atoms with Crippen LogP contribution in [0.1, 0.15) is 49.1 Å². The molecule has 0 spiro atoms. The molecule has 34 heavy (non-hydrogen) atoms. The summed E-state index contributed by atoms with van der Waals surface area (Å²) in [6.45, 7) is 1.88. The molecule has 0 saturated heterocycles. The zero-order valence-corrected chi connectivity index (χ0v) is 19.9. The molecule has 0 unspecified atom stereocenters. The lowest BCUT2D eigenvalue weighted by molar-refractivity contribution is -0.118. The molecule has 1 fully saturated rings. The van der Waals surface area contributed by atoms with Crippen molar-refractivity contribution < 1.29 is 13.9 Å². The van der Waals surface area contributed by atoms with Gasteiger partial charge in [-0.25, -0.2) is 4.98 Å². The predicted molar refractivity (Wildman–Crippen MR) is 136 cm³/mol. The third-order valence-electron chi connectivity index (χ3n) is 6.43. The first-order valence-corrected chi connectivity index (χ1v) is 12.1. The van der Waals surface area contributed by atoms with Crippen LogP contribution in [0, 0.1) is 6.92 Å². The summed E-state index contributed by atoms with van der Waals surface area (Å²) in [5, 5.41) is 3.55. The number of carbonyl (C=O) groups excluding carboxylic acids is 1. The number of hydrogen-bond donors (Lipinski definition) is 1. The highest BCUT2D eigenvalue weighted by molar-refractivity contribution is 6.31. The number of benzene rings is 3. The van der Waals surface area contributed by atoms with Crippen LogP contribution in [0.2, 0.25) is 5.02 Å². The van der Waals surface area contributed by atoms with E-state index < -0.39 is 0 Å². The maximum Gasteiger partial charge on any atom is 0.262 e. The Bertz CT molecular complexity index is 1310. The maximum atomic E-state index is 12.6. The van der Waals surface area contributed by atoms with Gasteiger partial charge in [0.05, 0.1) is 0 Å². The van der Waals surface area contributed by atoms with Crippen molar-refractivity contribution in [3.05, 3.63) is 76.8 Å². The van der Waals surface area contributed by atoms with Gasteiger partial charge < -0.3 is 14.5 Å². The summed E-state index contributed by atoms with van der Waals surface area (Å²) in [6, 6.07) is 19.2. The number of oxazole rings is 1. The Hall–Kier alpha value is -3.31. The van der Waals surface area contributed by atoms with Crippen LogP contribution in [0.15, 0.2) is 65.1 Å². The molecule has 1 N–H and O–H groups in total. The Balaban J connectivity index is 1.22. The molecule has 0 radical (unpaired) electrons. The summed E-state index contributed by atoms with van der Waals surface area (Å²) in [4.78, 5) is 17.1. The minimum atomic E-state index is -0.221. The molecule has 1 aliphatic rings. The van der Waals surface area contributed by atoms with E-state index in [4.69, 9.17) is 20.8 Å². The molecule has 0 aliphatic heterocycles. The Kier molecular flexibility index (Phi) is 6.54. The average molecular weight is 475 g/mol. The zero-order chi connectivity index (χ0) is 23.5. The van der Waals surface area contributed by atoms with E-state index in [2.05, 4.69) is 22.4 Å². The molecule has 1 aromatic heterocycles. The molecule has 1 heterocycles. The van der Waals surface area contributed by atoms with Crippen LogP contribution in [0.25, 0.3) is 22.6 Å². The van der Waals surface area contributed by atoms with Crippen molar-refractivity contribution in [2.45, 2.75) is 44.9 Å². The van der Waals surface area contributed by atoms with Crippen LogP contribution in [0.3, 0.4) is 0 Å². The number of halogens is 1. The minimum absolute atomic E-state index is 0.0617. The largest absolute Gasteiger partial charge is 0.484 e. The topological polar surface area (TPSA) is 64.4 Å². The number of aromatic nitrogens is 1. The van der Waals surface area contributed by atoms with Crippen molar-refractivity contribution in [1.29, 1.82) is 0 Å². The Morgan fingerprint density at radius 2 is 1.85 bits per heavy atom. The van der Waals surface area contributed by atoms with Gasteiger partial charge in [-0.15, -0.1) is 0 Å². The molecule has 1 aliphatic carbocycles. The summed E-state index contributed by atoms with van der Waals surface area (Å²) in [7, 11) is 0. The first kappa shape index (κ1) is 22.5.